The third-order valence-corrected chi connectivity index (χ3v) is 1.99. The molecule has 0 amide bonds. The first-order chi connectivity index (χ1) is 5.02. The molecule has 0 radical (unpaired) electrons. The molecule has 1 rings (SSSR count). The Morgan fingerprint density at radius 1 is 1.73 bits per heavy atom. The monoisotopic (exact) mass is 150 g/mol. The van der Waals surface area contributed by atoms with Crippen LogP contribution in [0.5, 0.6) is 0 Å². The van der Waals surface area contributed by atoms with Crippen LogP contribution in [0.2, 0.25) is 0 Å². The molecule has 2 heteroatoms. The second-order valence-corrected chi connectivity index (χ2v) is 3.21. The molecule has 0 bridgehead atoms. The number of allylic oxidation sites excluding steroid dienone is 1. The molecule has 1 heterocycles. The van der Waals surface area contributed by atoms with Gasteiger partial charge in [0.15, 0.2) is 0 Å². The molecule has 0 aromatic rings. The van der Waals surface area contributed by atoms with E-state index in [1.807, 2.05) is 26.0 Å². The third kappa shape index (κ3) is 1.77. The van der Waals surface area contributed by atoms with Gasteiger partial charge in [-0.15, -0.1) is 0 Å². The minimum absolute atomic E-state index is 0.296. The van der Waals surface area contributed by atoms with Crippen molar-refractivity contribution in [3.05, 3.63) is 24.4 Å². The Labute approximate surface area is 67.5 Å². The van der Waals surface area contributed by atoms with Gasteiger partial charge in [0.05, 0.1) is 11.2 Å². The summed E-state index contributed by atoms with van der Waals surface area (Å²) in [5, 5.41) is 0. The van der Waals surface area contributed by atoms with Crippen LogP contribution in [0.15, 0.2) is 29.4 Å². The fraction of sp³-hybridized carbons (Fsp3) is 0.444. The van der Waals surface area contributed by atoms with Crippen molar-refractivity contribution in [1.29, 1.82) is 0 Å². The fourth-order valence-corrected chi connectivity index (χ4v) is 0.968. The second kappa shape index (κ2) is 2.62. The maximum absolute atomic E-state index is 5.96. The Bertz CT molecular complexity index is 234. The van der Waals surface area contributed by atoms with Gasteiger partial charge in [0.25, 0.3) is 0 Å². The average molecular weight is 150 g/mol. The van der Waals surface area contributed by atoms with Crippen LogP contribution in [0.3, 0.4) is 0 Å². The van der Waals surface area contributed by atoms with Crippen LogP contribution >= 0.6 is 0 Å². The standard InChI is InChI=1S/C9H14N2/c1-7-5-4-6-9(3,10)8(2)11-7/h4-5H,1,6,10H2,2-3H3. The van der Waals surface area contributed by atoms with Gasteiger partial charge in [-0.25, -0.2) is 0 Å². The van der Waals surface area contributed by atoms with E-state index in [1.54, 1.807) is 0 Å². The molecule has 60 valence electrons. The van der Waals surface area contributed by atoms with Crippen molar-refractivity contribution in [3.63, 3.8) is 0 Å². The lowest BCUT2D eigenvalue weighted by Crippen LogP contribution is -2.42. The van der Waals surface area contributed by atoms with E-state index in [0.717, 1.165) is 17.8 Å². The van der Waals surface area contributed by atoms with Crippen molar-refractivity contribution in [2.45, 2.75) is 25.8 Å². The Morgan fingerprint density at radius 3 is 3.00 bits per heavy atom. The van der Waals surface area contributed by atoms with Gasteiger partial charge in [-0.2, -0.15) is 0 Å². The number of nitrogens with zero attached hydrogens (tertiary/aromatic N) is 1. The predicted octanol–water partition coefficient (Wildman–Crippen LogP) is 1.64. The third-order valence-electron chi connectivity index (χ3n) is 1.99. The van der Waals surface area contributed by atoms with E-state index in [2.05, 4.69) is 11.6 Å². The Balaban J connectivity index is 2.98. The molecule has 1 aliphatic heterocycles. The van der Waals surface area contributed by atoms with Crippen LogP contribution < -0.4 is 5.73 Å². The largest absolute Gasteiger partial charge is 0.320 e. The molecular formula is C9H14N2. The molecule has 1 unspecified atom stereocenters. The summed E-state index contributed by atoms with van der Waals surface area (Å²) in [7, 11) is 0. The van der Waals surface area contributed by atoms with Gasteiger partial charge in [0.1, 0.15) is 0 Å². The van der Waals surface area contributed by atoms with E-state index in [1.165, 1.54) is 0 Å². The lowest BCUT2D eigenvalue weighted by Gasteiger charge is -2.21. The molecule has 0 saturated heterocycles. The summed E-state index contributed by atoms with van der Waals surface area (Å²) < 4.78 is 0. The van der Waals surface area contributed by atoms with Crippen LogP contribution in [0.1, 0.15) is 20.3 Å². The summed E-state index contributed by atoms with van der Waals surface area (Å²) in [6.07, 6.45) is 4.76. The van der Waals surface area contributed by atoms with Crippen LogP contribution in [0.25, 0.3) is 0 Å². The van der Waals surface area contributed by atoms with Crippen LogP contribution in [-0.2, 0) is 0 Å². The van der Waals surface area contributed by atoms with E-state index in [-0.39, 0.29) is 5.54 Å². The summed E-state index contributed by atoms with van der Waals surface area (Å²) >= 11 is 0. The lowest BCUT2D eigenvalue weighted by atomic mass is 9.94. The summed E-state index contributed by atoms with van der Waals surface area (Å²) in [5.74, 6) is 0. The average Bonchev–Trinajstić information content (AvgIpc) is 1.94. The highest BCUT2D eigenvalue weighted by molar-refractivity contribution is 5.92. The molecule has 11 heavy (non-hydrogen) atoms. The quantitative estimate of drug-likeness (QED) is 0.560. The van der Waals surface area contributed by atoms with Crippen LogP contribution in [0.4, 0.5) is 0 Å². The second-order valence-electron chi connectivity index (χ2n) is 3.21. The van der Waals surface area contributed by atoms with Crippen molar-refractivity contribution >= 4 is 5.71 Å². The summed E-state index contributed by atoms with van der Waals surface area (Å²) in [6, 6.07) is 0. The zero-order valence-electron chi connectivity index (χ0n) is 7.09. The van der Waals surface area contributed by atoms with Gasteiger partial charge in [-0.1, -0.05) is 12.7 Å². The molecule has 0 spiro atoms. The fourth-order valence-electron chi connectivity index (χ4n) is 0.968. The molecule has 1 aliphatic rings. The molecule has 0 aliphatic carbocycles. The number of rotatable bonds is 0. The first-order valence-electron chi connectivity index (χ1n) is 3.72. The minimum atomic E-state index is -0.296. The highest BCUT2D eigenvalue weighted by Crippen LogP contribution is 2.15. The van der Waals surface area contributed by atoms with Crippen LogP contribution in [-0.4, -0.2) is 11.3 Å². The van der Waals surface area contributed by atoms with E-state index in [4.69, 9.17) is 5.73 Å². The normalized spacial score (nSPS) is 31.5. The highest BCUT2D eigenvalue weighted by atomic mass is 14.8. The van der Waals surface area contributed by atoms with Gasteiger partial charge in [-0.05, 0) is 26.3 Å². The molecule has 0 aromatic heterocycles. The molecule has 1 atom stereocenters. The van der Waals surface area contributed by atoms with Gasteiger partial charge >= 0.3 is 0 Å². The van der Waals surface area contributed by atoms with E-state index in [9.17, 15) is 0 Å². The predicted molar refractivity (Wildman–Crippen MR) is 48.6 cm³/mol. The molecule has 0 aromatic carbocycles. The maximum atomic E-state index is 5.96. The van der Waals surface area contributed by atoms with Crippen molar-refractivity contribution in [1.82, 2.24) is 0 Å². The van der Waals surface area contributed by atoms with Gasteiger partial charge in [0.2, 0.25) is 0 Å². The molecule has 2 nitrogen and oxygen atoms in total. The topological polar surface area (TPSA) is 38.4 Å². The molecule has 0 saturated carbocycles. The molecule has 2 N–H and O–H groups in total. The first-order valence-corrected chi connectivity index (χ1v) is 3.72. The highest BCUT2D eigenvalue weighted by Gasteiger charge is 2.21. The lowest BCUT2D eigenvalue weighted by molar-refractivity contribution is 0.635. The zero-order chi connectivity index (χ0) is 8.48. The maximum Gasteiger partial charge on any atom is 0.0554 e. The van der Waals surface area contributed by atoms with Crippen molar-refractivity contribution in [2.24, 2.45) is 10.7 Å². The summed E-state index contributed by atoms with van der Waals surface area (Å²) in [6.45, 7) is 7.68. The van der Waals surface area contributed by atoms with Crippen molar-refractivity contribution in [2.75, 3.05) is 0 Å². The zero-order valence-corrected chi connectivity index (χ0v) is 7.09. The number of hydrogen-bond donors (Lipinski definition) is 1. The smallest absolute Gasteiger partial charge is 0.0554 e. The Kier molecular flexibility index (Phi) is 1.96. The van der Waals surface area contributed by atoms with E-state index < -0.39 is 0 Å². The number of nitrogens with two attached hydrogens (primary N) is 1. The Morgan fingerprint density at radius 2 is 2.36 bits per heavy atom. The van der Waals surface area contributed by atoms with E-state index >= 15 is 0 Å². The van der Waals surface area contributed by atoms with E-state index in [0.29, 0.717) is 0 Å². The molecular weight excluding hydrogens is 136 g/mol. The molecule has 0 fully saturated rings. The summed E-state index contributed by atoms with van der Waals surface area (Å²) in [4.78, 5) is 4.24. The number of aliphatic imine (C=N–C) groups is 1. The van der Waals surface area contributed by atoms with Crippen molar-refractivity contribution in [3.8, 4) is 0 Å². The van der Waals surface area contributed by atoms with Gasteiger partial charge in [-0.3, -0.25) is 4.99 Å². The van der Waals surface area contributed by atoms with Gasteiger partial charge < -0.3 is 5.73 Å². The SMILES string of the molecule is C=C1C=CCC(C)(N)C(C)=N1. The van der Waals surface area contributed by atoms with Gasteiger partial charge in [0, 0.05) is 5.71 Å². The first kappa shape index (κ1) is 8.21. The number of hydrogen-bond acceptors (Lipinski definition) is 2. The summed E-state index contributed by atoms with van der Waals surface area (Å²) in [5.41, 5.74) is 7.40. The van der Waals surface area contributed by atoms with Crippen molar-refractivity contribution < 1.29 is 0 Å². The minimum Gasteiger partial charge on any atom is -0.320 e. The Hall–Kier alpha value is -0.890. The van der Waals surface area contributed by atoms with Crippen LogP contribution in [0, 0.1) is 0 Å².